The Kier molecular flexibility index (Phi) is 5.60. The van der Waals surface area contributed by atoms with Gasteiger partial charge in [0.15, 0.2) is 0 Å². The minimum absolute atomic E-state index is 0. The molecular weight excluding hydrogens is 260 g/mol. The fourth-order valence-corrected chi connectivity index (χ4v) is 3.71. The van der Waals surface area contributed by atoms with Gasteiger partial charge in [-0.2, -0.15) is 0 Å². The first-order valence-corrected chi connectivity index (χ1v) is 6.91. The van der Waals surface area contributed by atoms with E-state index < -0.39 is 17.3 Å². The van der Waals surface area contributed by atoms with E-state index in [1.807, 2.05) is 0 Å². The second-order valence-electron chi connectivity index (χ2n) is 7.07. The SMILES string of the molecule is C=C1CC[C@@]2(O)C[C@@H]1[C@]2(C)CC[C@@H](O)C(C)(C)O.O.O. The molecular formula is C15H30O5. The molecule has 5 nitrogen and oxygen atoms in total. The van der Waals surface area contributed by atoms with Gasteiger partial charge in [0.05, 0.1) is 17.3 Å². The van der Waals surface area contributed by atoms with Crippen LogP contribution in [-0.2, 0) is 0 Å². The molecule has 3 aliphatic carbocycles. The highest BCUT2D eigenvalue weighted by Gasteiger charge is 2.64. The molecule has 0 saturated heterocycles. The highest BCUT2D eigenvalue weighted by Crippen LogP contribution is 2.65. The molecule has 2 bridgehead atoms. The number of rotatable bonds is 4. The molecule has 0 aromatic heterocycles. The minimum atomic E-state index is -1.07. The van der Waals surface area contributed by atoms with Gasteiger partial charge in [-0.3, -0.25) is 0 Å². The van der Waals surface area contributed by atoms with Crippen LogP contribution in [0.5, 0.6) is 0 Å². The van der Waals surface area contributed by atoms with Crippen LogP contribution >= 0.6 is 0 Å². The summed E-state index contributed by atoms with van der Waals surface area (Å²) < 4.78 is 0. The predicted molar refractivity (Wildman–Crippen MR) is 78.3 cm³/mol. The number of allylic oxidation sites excluding steroid dienone is 1. The molecule has 7 N–H and O–H groups in total. The summed E-state index contributed by atoms with van der Waals surface area (Å²) in [6.45, 7) is 9.45. The monoisotopic (exact) mass is 290 g/mol. The topological polar surface area (TPSA) is 124 Å². The summed E-state index contributed by atoms with van der Waals surface area (Å²) in [5, 5.41) is 30.3. The molecule has 3 fully saturated rings. The van der Waals surface area contributed by atoms with Crippen LogP contribution in [0.1, 0.15) is 52.9 Å². The van der Waals surface area contributed by atoms with Crippen LogP contribution < -0.4 is 0 Å². The number of aliphatic hydroxyl groups is 3. The van der Waals surface area contributed by atoms with E-state index >= 15 is 0 Å². The van der Waals surface area contributed by atoms with Gasteiger partial charge in [0, 0.05) is 5.41 Å². The van der Waals surface area contributed by atoms with Gasteiger partial charge >= 0.3 is 0 Å². The maximum absolute atomic E-state index is 10.6. The normalized spacial score (nSPS) is 37.3. The molecule has 5 heteroatoms. The Balaban J connectivity index is 0.00000180. The van der Waals surface area contributed by atoms with Crippen molar-refractivity contribution in [3.63, 3.8) is 0 Å². The van der Waals surface area contributed by atoms with Gasteiger partial charge in [-0.1, -0.05) is 19.1 Å². The third-order valence-electron chi connectivity index (χ3n) is 5.48. The van der Waals surface area contributed by atoms with E-state index in [1.54, 1.807) is 13.8 Å². The van der Waals surface area contributed by atoms with Crippen molar-refractivity contribution in [3.05, 3.63) is 12.2 Å². The molecule has 0 aliphatic heterocycles. The van der Waals surface area contributed by atoms with Crippen LogP contribution in [-0.4, -0.2) is 43.6 Å². The van der Waals surface area contributed by atoms with Crippen LogP contribution in [0.25, 0.3) is 0 Å². The van der Waals surface area contributed by atoms with Crippen molar-refractivity contribution in [2.75, 3.05) is 0 Å². The quantitative estimate of drug-likeness (QED) is 0.647. The van der Waals surface area contributed by atoms with Crippen LogP contribution in [0.4, 0.5) is 0 Å². The summed E-state index contributed by atoms with van der Waals surface area (Å²) in [7, 11) is 0. The van der Waals surface area contributed by atoms with E-state index in [9.17, 15) is 15.3 Å². The second kappa shape index (κ2) is 5.73. The van der Waals surface area contributed by atoms with Crippen molar-refractivity contribution in [1.82, 2.24) is 0 Å². The second-order valence-corrected chi connectivity index (χ2v) is 7.07. The lowest BCUT2D eigenvalue weighted by molar-refractivity contribution is -0.219. The number of hydrogen-bond donors (Lipinski definition) is 3. The highest BCUT2D eigenvalue weighted by atomic mass is 16.3. The van der Waals surface area contributed by atoms with Crippen LogP contribution in [0.3, 0.4) is 0 Å². The molecule has 4 atom stereocenters. The number of aliphatic hydroxyl groups excluding tert-OH is 1. The Labute approximate surface area is 120 Å². The zero-order valence-corrected chi connectivity index (χ0v) is 12.7. The lowest BCUT2D eigenvalue weighted by Gasteiger charge is -2.65. The molecule has 3 saturated carbocycles. The van der Waals surface area contributed by atoms with Crippen molar-refractivity contribution in [3.8, 4) is 0 Å². The lowest BCUT2D eigenvalue weighted by Crippen LogP contribution is -2.65. The molecule has 0 radical (unpaired) electrons. The van der Waals surface area contributed by atoms with E-state index in [0.29, 0.717) is 12.3 Å². The first-order chi connectivity index (χ1) is 8.10. The molecule has 0 aromatic rings. The van der Waals surface area contributed by atoms with Gasteiger partial charge < -0.3 is 26.3 Å². The third kappa shape index (κ3) is 2.78. The summed E-state index contributed by atoms with van der Waals surface area (Å²) in [4.78, 5) is 0. The van der Waals surface area contributed by atoms with Crippen molar-refractivity contribution >= 4 is 0 Å². The lowest BCUT2D eigenvalue weighted by atomic mass is 9.42. The predicted octanol–water partition coefficient (Wildman–Crippen LogP) is 0.356. The van der Waals surface area contributed by atoms with Crippen molar-refractivity contribution in [2.45, 2.75) is 70.2 Å². The number of hydrogen-bond acceptors (Lipinski definition) is 3. The van der Waals surface area contributed by atoms with Gasteiger partial charge in [0.1, 0.15) is 0 Å². The molecule has 0 heterocycles. The smallest absolute Gasteiger partial charge is 0.0849 e. The molecule has 0 spiro atoms. The third-order valence-corrected chi connectivity index (χ3v) is 5.48. The molecule has 0 aromatic carbocycles. The maximum Gasteiger partial charge on any atom is 0.0849 e. The largest absolute Gasteiger partial charge is 0.412 e. The Morgan fingerprint density at radius 1 is 1.40 bits per heavy atom. The van der Waals surface area contributed by atoms with E-state index in [4.69, 9.17) is 0 Å². The minimum Gasteiger partial charge on any atom is -0.412 e. The zero-order valence-electron chi connectivity index (χ0n) is 12.7. The summed E-state index contributed by atoms with van der Waals surface area (Å²) in [5.74, 6) is 0.380. The number of fused-ring (bicyclic) bond motifs is 2. The van der Waals surface area contributed by atoms with Gasteiger partial charge in [-0.25, -0.2) is 0 Å². The first-order valence-electron chi connectivity index (χ1n) is 6.91. The Morgan fingerprint density at radius 3 is 2.40 bits per heavy atom. The van der Waals surface area contributed by atoms with Crippen LogP contribution in [0, 0.1) is 11.3 Å². The molecule has 120 valence electrons. The van der Waals surface area contributed by atoms with Gasteiger partial charge in [-0.05, 0) is 51.9 Å². The summed E-state index contributed by atoms with van der Waals surface area (Å²) in [6, 6.07) is 0. The van der Waals surface area contributed by atoms with E-state index in [1.165, 1.54) is 5.57 Å². The maximum atomic E-state index is 10.6. The molecule has 0 unspecified atom stereocenters. The molecule has 3 aliphatic rings. The Morgan fingerprint density at radius 2 is 1.95 bits per heavy atom. The van der Waals surface area contributed by atoms with Gasteiger partial charge in [0.2, 0.25) is 0 Å². The standard InChI is InChI=1S/C15H26O3.2H2O/c1-10-5-8-15(18)9-11(10)14(15,4)7-6-12(16)13(2,3)17;;/h11-12,16-18H,1,5-9H2,2-4H3;2*1H2/t11-,12+,14-,15+;;/m0../s1. The van der Waals surface area contributed by atoms with Crippen molar-refractivity contribution in [1.29, 1.82) is 0 Å². The zero-order chi connectivity index (χ0) is 13.8. The van der Waals surface area contributed by atoms with Gasteiger partial charge in [0.25, 0.3) is 0 Å². The summed E-state index contributed by atoms with van der Waals surface area (Å²) >= 11 is 0. The van der Waals surface area contributed by atoms with Crippen LogP contribution in [0.2, 0.25) is 0 Å². The fourth-order valence-electron chi connectivity index (χ4n) is 3.71. The van der Waals surface area contributed by atoms with E-state index in [0.717, 1.165) is 25.7 Å². The van der Waals surface area contributed by atoms with E-state index in [2.05, 4.69) is 13.5 Å². The van der Waals surface area contributed by atoms with Crippen LogP contribution in [0.15, 0.2) is 12.2 Å². The molecule has 0 amide bonds. The first kappa shape index (κ1) is 19.5. The highest BCUT2D eigenvalue weighted by molar-refractivity contribution is 5.26. The van der Waals surface area contributed by atoms with Crippen molar-refractivity contribution < 1.29 is 26.3 Å². The van der Waals surface area contributed by atoms with Crippen molar-refractivity contribution in [2.24, 2.45) is 11.3 Å². The average Bonchev–Trinajstić information content (AvgIpc) is 2.27. The molecule has 20 heavy (non-hydrogen) atoms. The fraction of sp³-hybridized carbons (Fsp3) is 0.867. The summed E-state index contributed by atoms with van der Waals surface area (Å²) in [5.41, 5.74) is -0.590. The molecule has 3 rings (SSSR count). The van der Waals surface area contributed by atoms with Gasteiger partial charge in [-0.15, -0.1) is 0 Å². The Bertz CT molecular complexity index is 358. The van der Waals surface area contributed by atoms with E-state index in [-0.39, 0.29) is 16.4 Å². The Hall–Kier alpha value is -0.460. The average molecular weight is 290 g/mol. The summed E-state index contributed by atoms with van der Waals surface area (Å²) in [6.07, 6.45) is 3.04.